The first kappa shape index (κ1) is 16.8. The van der Waals surface area contributed by atoms with Crippen LogP contribution in [0.4, 0.5) is 11.4 Å². The third kappa shape index (κ3) is 1.96. The smallest absolute Gasteiger partial charge is 0.228 e. The molecular weight excluding hydrogens is 346 g/mol. The first-order chi connectivity index (χ1) is 13.5. The maximum Gasteiger partial charge on any atom is 0.228 e. The van der Waals surface area contributed by atoms with E-state index in [2.05, 4.69) is 68.3 Å². The van der Waals surface area contributed by atoms with E-state index in [-0.39, 0.29) is 11.8 Å². The number of rotatable bonds is 1. The van der Waals surface area contributed by atoms with Gasteiger partial charge >= 0.3 is 0 Å². The molecule has 2 aliphatic rings. The van der Waals surface area contributed by atoms with Crippen LogP contribution in [0.1, 0.15) is 25.0 Å². The summed E-state index contributed by atoms with van der Waals surface area (Å²) in [5, 5.41) is 11.5. The van der Waals surface area contributed by atoms with Crippen molar-refractivity contribution in [3.05, 3.63) is 65.7 Å². The molecule has 4 nitrogen and oxygen atoms in total. The number of benzene rings is 3. The minimum absolute atomic E-state index is 0.288. The molecule has 0 radical (unpaired) electrons. The van der Waals surface area contributed by atoms with E-state index in [1.807, 2.05) is 24.4 Å². The number of likely N-dealkylation sites (N-methyl/N-ethyl adjacent to an activating group) is 1. The molecule has 0 aromatic heterocycles. The summed E-state index contributed by atoms with van der Waals surface area (Å²) in [5.41, 5.74) is 3.02. The molecule has 5 rings (SSSR count). The summed E-state index contributed by atoms with van der Waals surface area (Å²) in [5.74, 6) is 0.718. The Morgan fingerprint density at radius 1 is 1.11 bits per heavy atom. The van der Waals surface area contributed by atoms with Crippen molar-refractivity contribution >= 4 is 28.4 Å². The number of para-hydroxylation sites is 1. The largest absolute Gasteiger partial charge is 0.459 e. The molecular formula is C24H21N3O. The zero-order valence-corrected chi connectivity index (χ0v) is 16.2. The van der Waals surface area contributed by atoms with E-state index < -0.39 is 5.72 Å². The van der Waals surface area contributed by atoms with Crippen molar-refractivity contribution in [1.82, 2.24) is 0 Å². The fourth-order valence-corrected chi connectivity index (χ4v) is 4.69. The minimum Gasteiger partial charge on any atom is -0.459 e. The van der Waals surface area contributed by atoms with Gasteiger partial charge in [0.25, 0.3) is 0 Å². The van der Waals surface area contributed by atoms with Gasteiger partial charge in [0, 0.05) is 23.7 Å². The van der Waals surface area contributed by atoms with Crippen LogP contribution < -0.4 is 9.64 Å². The third-order valence-corrected chi connectivity index (χ3v) is 6.28. The summed E-state index contributed by atoms with van der Waals surface area (Å²) in [4.78, 5) is 7.09. The Morgan fingerprint density at radius 3 is 2.64 bits per heavy atom. The van der Waals surface area contributed by atoms with Crippen molar-refractivity contribution in [3.8, 4) is 11.8 Å². The van der Waals surface area contributed by atoms with E-state index in [0.717, 1.165) is 33.5 Å². The predicted octanol–water partition coefficient (Wildman–Crippen LogP) is 5.12. The number of nitrogens with zero attached hydrogens (tertiary/aromatic N) is 3. The SMILES string of the molecule is CN1c2ccccc2C(C)(C)C12C=Nc1c(c(CC#N)cc3ccccc13)O2. The van der Waals surface area contributed by atoms with Crippen molar-refractivity contribution in [2.75, 3.05) is 11.9 Å². The van der Waals surface area contributed by atoms with E-state index in [1.165, 1.54) is 5.56 Å². The lowest BCUT2D eigenvalue weighted by Crippen LogP contribution is -2.61. The number of ether oxygens (including phenoxy) is 1. The standard InChI is InChI=1S/C24H21N3O/c1-23(2)19-10-6-7-11-20(19)27(3)24(23)15-26-21-18-9-5-4-8-16(18)14-17(12-13-25)22(21)28-24/h4-11,14-15H,12H2,1-3H3. The second kappa shape index (κ2) is 5.59. The number of fused-ring (bicyclic) bond motifs is 4. The van der Waals surface area contributed by atoms with Crippen molar-refractivity contribution < 1.29 is 4.74 Å². The molecule has 0 saturated carbocycles. The maximum atomic E-state index is 9.39. The average Bonchev–Trinajstić information content (AvgIpc) is 2.87. The molecule has 1 spiro atoms. The van der Waals surface area contributed by atoms with E-state index in [4.69, 9.17) is 9.73 Å². The molecule has 0 aliphatic carbocycles. The summed E-state index contributed by atoms with van der Waals surface area (Å²) in [6.07, 6.45) is 2.23. The molecule has 138 valence electrons. The van der Waals surface area contributed by atoms with Gasteiger partial charge in [0.2, 0.25) is 5.72 Å². The Bertz CT molecular complexity index is 1190. The van der Waals surface area contributed by atoms with Gasteiger partial charge in [0.15, 0.2) is 5.75 Å². The van der Waals surface area contributed by atoms with E-state index in [9.17, 15) is 5.26 Å². The molecule has 1 atom stereocenters. The van der Waals surface area contributed by atoms with Gasteiger partial charge in [0.05, 0.1) is 24.1 Å². The van der Waals surface area contributed by atoms with Crippen molar-refractivity contribution in [3.63, 3.8) is 0 Å². The molecule has 0 bridgehead atoms. The normalized spacial score (nSPS) is 21.3. The fraction of sp³-hybridized carbons (Fsp3) is 0.250. The van der Waals surface area contributed by atoms with Crippen LogP contribution in [0.3, 0.4) is 0 Å². The Morgan fingerprint density at radius 2 is 1.86 bits per heavy atom. The Labute approximate surface area is 164 Å². The second-order valence-electron chi connectivity index (χ2n) is 8.03. The van der Waals surface area contributed by atoms with Crippen LogP contribution in [0.5, 0.6) is 5.75 Å². The molecule has 0 amide bonds. The van der Waals surface area contributed by atoms with Crippen LogP contribution in [0, 0.1) is 11.3 Å². The summed E-state index contributed by atoms with van der Waals surface area (Å²) < 4.78 is 6.81. The topological polar surface area (TPSA) is 48.6 Å². The molecule has 2 aliphatic heterocycles. The first-order valence-corrected chi connectivity index (χ1v) is 9.49. The van der Waals surface area contributed by atoms with Crippen molar-refractivity contribution in [1.29, 1.82) is 5.26 Å². The Kier molecular flexibility index (Phi) is 3.36. The molecule has 3 aromatic rings. The molecule has 2 heterocycles. The molecule has 4 heteroatoms. The zero-order chi connectivity index (χ0) is 19.5. The van der Waals surface area contributed by atoms with E-state index in [1.54, 1.807) is 0 Å². The summed E-state index contributed by atoms with van der Waals surface area (Å²) >= 11 is 0. The summed E-state index contributed by atoms with van der Waals surface area (Å²) in [6, 6.07) is 20.9. The molecule has 0 saturated heterocycles. The Hall–Kier alpha value is -3.32. The van der Waals surface area contributed by atoms with Crippen LogP contribution in [0.2, 0.25) is 0 Å². The van der Waals surface area contributed by atoms with Crippen molar-refractivity contribution in [2.45, 2.75) is 31.4 Å². The quantitative estimate of drug-likeness (QED) is 0.599. The third-order valence-electron chi connectivity index (χ3n) is 6.28. The van der Waals surface area contributed by atoms with Crippen molar-refractivity contribution in [2.24, 2.45) is 4.99 Å². The summed E-state index contributed by atoms with van der Waals surface area (Å²) in [6.45, 7) is 4.38. The van der Waals surface area contributed by atoms with Crippen LogP contribution in [-0.2, 0) is 11.8 Å². The molecule has 1 unspecified atom stereocenters. The van der Waals surface area contributed by atoms with Gasteiger partial charge in [-0.05, 0) is 36.9 Å². The molecule has 0 fully saturated rings. The lowest BCUT2D eigenvalue weighted by Gasteiger charge is -2.45. The van der Waals surface area contributed by atoms with Gasteiger partial charge in [-0.25, -0.2) is 0 Å². The average molecular weight is 367 g/mol. The molecule has 28 heavy (non-hydrogen) atoms. The number of anilines is 1. The predicted molar refractivity (Wildman–Crippen MR) is 113 cm³/mol. The second-order valence-corrected chi connectivity index (χ2v) is 8.03. The summed E-state index contributed by atoms with van der Waals surface area (Å²) in [7, 11) is 2.05. The number of nitriles is 1. The number of aliphatic imine (C=N–C) groups is 1. The minimum atomic E-state index is -0.740. The highest BCUT2D eigenvalue weighted by molar-refractivity contribution is 6.00. The van der Waals surface area contributed by atoms with Crippen LogP contribution in [0.15, 0.2) is 59.6 Å². The van der Waals surface area contributed by atoms with Gasteiger partial charge in [-0.1, -0.05) is 42.5 Å². The zero-order valence-electron chi connectivity index (χ0n) is 16.2. The van der Waals surface area contributed by atoms with Gasteiger partial charge in [-0.15, -0.1) is 0 Å². The monoisotopic (exact) mass is 367 g/mol. The highest BCUT2D eigenvalue weighted by Gasteiger charge is 2.58. The maximum absolute atomic E-state index is 9.39. The molecule has 3 aromatic carbocycles. The highest BCUT2D eigenvalue weighted by atomic mass is 16.5. The molecule has 0 N–H and O–H groups in total. The van der Waals surface area contributed by atoms with E-state index in [0.29, 0.717) is 0 Å². The van der Waals surface area contributed by atoms with Gasteiger partial charge < -0.3 is 9.64 Å². The van der Waals surface area contributed by atoms with Gasteiger partial charge in [0.1, 0.15) is 5.69 Å². The number of hydrogen-bond acceptors (Lipinski definition) is 4. The Balaban J connectivity index is 1.76. The van der Waals surface area contributed by atoms with Crippen LogP contribution >= 0.6 is 0 Å². The van der Waals surface area contributed by atoms with Gasteiger partial charge in [-0.3, -0.25) is 4.99 Å². The van der Waals surface area contributed by atoms with E-state index >= 15 is 0 Å². The fourth-order valence-electron chi connectivity index (χ4n) is 4.69. The lowest BCUT2D eigenvalue weighted by atomic mass is 9.77. The van der Waals surface area contributed by atoms with Crippen LogP contribution in [-0.4, -0.2) is 19.0 Å². The number of hydrogen-bond donors (Lipinski definition) is 0. The highest BCUT2D eigenvalue weighted by Crippen LogP contribution is 2.54. The van der Waals surface area contributed by atoms with Gasteiger partial charge in [-0.2, -0.15) is 5.26 Å². The first-order valence-electron chi connectivity index (χ1n) is 9.49. The van der Waals surface area contributed by atoms with Crippen LogP contribution in [0.25, 0.3) is 10.8 Å². The lowest BCUT2D eigenvalue weighted by molar-refractivity contribution is 0.0817.